The largest absolute Gasteiger partial charge is 0.500 e. The molecule has 30 heavy (non-hydrogen) atoms. The number of hydrogen-bond donors (Lipinski definition) is 1. The van der Waals surface area contributed by atoms with Gasteiger partial charge in [0.25, 0.3) is 11.2 Å². The van der Waals surface area contributed by atoms with E-state index in [0.717, 1.165) is 24.8 Å². The molecule has 1 aromatic heterocycles. The molecule has 0 unspecified atom stereocenters. The lowest BCUT2D eigenvalue weighted by molar-refractivity contribution is -0.384. The highest BCUT2D eigenvalue weighted by molar-refractivity contribution is 5.89. The first-order valence-corrected chi connectivity index (χ1v) is 10.2. The zero-order valence-corrected chi connectivity index (χ0v) is 18.1. The topological polar surface area (TPSA) is 94.6 Å². The number of ether oxygens (including phenoxy) is 1. The zero-order chi connectivity index (χ0) is 22.3. The lowest BCUT2D eigenvalue weighted by Crippen LogP contribution is -2.21. The summed E-state index contributed by atoms with van der Waals surface area (Å²) in [5.41, 5.74) is 2.09. The lowest BCUT2D eigenvalue weighted by atomic mass is 10.1. The molecule has 7 heteroatoms. The Kier molecular flexibility index (Phi) is 8.21. The molecule has 0 bridgehead atoms. The van der Waals surface area contributed by atoms with Crippen molar-refractivity contribution in [1.29, 1.82) is 0 Å². The Morgan fingerprint density at radius 3 is 2.63 bits per heavy atom. The number of pyridine rings is 1. The average Bonchev–Trinajstić information content (AvgIpc) is 2.70. The standard InChI is InChI=1S/C23H30N2O5/c1-5-6-13-24-20-15-18(25(28)29)10-11-19(20)22(21(26)23(24)27)30-14-12-17(4)9-7-8-16(2)3/h8,10-12,15,26H,5-7,9,13-14H2,1-4H3. The second-order valence-electron chi connectivity index (χ2n) is 7.63. The molecular weight excluding hydrogens is 384 g/mol. The minimum absolute atomic E-state index is 0.0611. The van der Waals surface area contributed by atoms with Gasteiger partial charge in [0.2, 0.25) is 5.75 Å². The van der Waals surface area contributed by atoms with Crippen LogP contribution >= 0.6 is 0 Å². The number of hydrogen-bond acceptors (Lipinski definition) is 5. The molecule has 1 aromatic carbocycles. The third-order valence-corrected chi connectivity index (χ3v) is 4.88. The predicted molar refractivity (Wildman–Crippen MR) is 119 cm³/mol. The smallest absolute Gasteiger partial charge is 0.297 e. The summed E-state index contributed by atoms with van der Waals surface area (Å²) in [5, 5.41) is 22.2. The Bertz CT molecular complexity index is 1030. The van der Waals surface area contributed by atoms with Crippen LogP contribution in [0.2, 0.25) is 0 Å². The highest BCUT2D eigenvalue weighted by Crippen LogP contribution is 2.34. The molecule has 0 fully saturated rings. The van der Waals surface area contributed by atoms with Crippen molar-refractivity contribution in [1.82, 2.24) is 4.57 Å². The van der Waals surface area contributed by atoms with E-state index < -0.39 is 16.2 Å². The van der Waals surface area contributed by atoms with Gasteiger partial charge in [-0.3, -0.25) is 14.9 Å². The summed E-state index contributed by atoms with van der Waals surface area (Å²) in [6.07, 6.45) is 7.48. The maximum atomic E-state index is 12.7. The number of non-ortho nitro benzene ring substituents is 1. The van der Waals surface area contributed by atoms with E-state index in [1.807, 2.05) is 19.9 Å². The molecule has 0 aliphatic carbocycles. The van der Waals surface area contributed by atoms with Crippen LogP contribution in [0.1, 0.15) is 53.4 Å². The summed E-state index contributed by atoms with van der Waals surface area (Å²) < 4.78 is 7.15. The monoisotopic (exact) mass is 414 g/mol. The molecule has 1 N–H and O–H groups in total. The molecule has 0 amide bonds. The molecule has 0 saturated heterocycles. The minimum Gasteiger partial charge on any atom is -0.500 e. The normalized spacial score (nSPS) is 11.5. The fraction of sp³-hybridized carbons (Fsp3) is 0.435. The molecule has 0 radical (unpaired) electrons. The average molecular weight is 415 g/mol. The van der Waals surface area contributed by atoms with Crippen LogP contribution in [0.15, 0.2) is 46.3 Å². The molecular formula is C23H30N2O5. The van der Waals surface area contributed by atoms with Gasteiger partial charge in [-0.25, -0.2) is 0 Å². The van der Waals surface area contributed by atoms with Crippen molar-refractivity contribution in [3.63, 3.8) is 0 Å². The number of unbranched alkanes of at least 4 members (excludes halogenated alkanes) is 1. The van der Waals surface area contributed by atoms with Gasteiger partial charge >= 0.3 is 0 Å². The number of nitro benzene ring substituents is 1. The van der Waals surface area contributed by atoms with E-state index in [1.54, 1.807) is 0 Å². The van der Waals surface area contributed by atoms with Crippen LogP contribution in [0, 0.1) is 10.1 Å². The van der Waals surface area contributed by atoms with Crippen molar-refractivity contribution in [2.45, 2.75) is 59.9 Å². The number of benzene rings is 1. The summed E-state index contributed by atoms with van der Waals surface area (Å²) in [7, 11) is 0. The first-order valence-electron chi connectivity index (χ1n) is 10.2. The van der Waals surface area contributed by atoms with E-state index in [1.165, 1.54) is 28.3 Å². The lowest BCUT2D eigenvalue weighted by Gasteiger charge is -2.15. The summed E-state index contributed by atoms with van der Waals surface area (Å²) in [4.78, 5) is 23.4. The van der Waals surface area contributed by atoms with E-state index in [9.17, 15) is 20.0 Å². The Balaban J connectivity index is 2.40. The first kappa shape index (κ1) is 23.2. The number of rotatable bonds is 10. The maximum absolute atomic E-state index is 12.7. The highest BCUT2D eigenvalue weighted by Gasteiger charge is 2.19. The third-order valence-electron chi connectivity index (χ3n) is 4.88. The first-order chi connectivity index (χ1) is 14.3. The van der Waals surface area contributed by atoms with E-state index in [2.05, 4.69) is 19.9 Å². The van der Waals surface area contributed by atoms with Crippen molar-refractivity contribution in [2.75, 3.05) is 6.61 Å². The Hall–Kier alpha value is -3.09. The number of aromatic nitrogens is 1. The molecule has 7 nitrogen and oxygen atoms in total. The summed E-state index contributed by atoms with van der Waals surface area (Å²) in [6.45, 7) is 8.67. The van der Waals surface area contributed by atoms with Gasteiger partial charge in [0.05, 0.1) is 10.4 Å². The van der Waals surface area contributed by atoms with Gasteiger partial charge in [0.15, 0.2) is 5.75 Å². The molecule has 0 saturated carbocycles. The van der Waals surface area contributed by atoms with Crippen LogP contribution in [-0.4, -0.2) is 21.2 Å². The molecule has 2 rings (SSSR count). The Morgan fingerprint density at radius 1 is 1.27 bits per heavy atom. The zero-order valence-electron chi connectivity index (χ0n) is 18.1. The van der Waals surface area contributed by atoms with Crippen molar-refractivity contribution >= 4 is 16.6 Å². The molecule has 0 aliphatic rings. The molecule has 0 spiro atoms. The molecule has 0 aliphatic heterocycles. The number of fused-ring (bicyclic) bond motifs is 1. The van der Waals surface area contributed by atoms with Crippen LogP contribution in [0.25, 0.3) is 10.9 Å². The third kappa shape index (κ3) is 5.72. The van der Waals surface area contributed by atoms with Crippen LogP contribution < -0.4 is 10.3 Å². The van der Waals surface area contributed by atoms with Gasteiger partial charge in [0, 0.05) is 24.1 Å². The van der Waals surface area contributed by atoms with Crippen molar-refractivity contribution < 1.29 is 14.8 Å². The van der Waals surface area contributed by atoms with Gasteiger partial charge in [-0.1, -0.05) is 30.6 Å². The van der Waals surface area contributed by atoms with E-state index >= 15 is 0 Å². The SMILES string of the molecule is CCCCn1c(=O)c(O)c(OCC=C(C)CCC=C(C)C)c2ccc([N+](=O)[O-])cc21. The van der Waals surface area contributed by atoms with Gasteiger partial charge in [0.1, 0.15) is 6.61 Å². The number of nitro groups is 1. The van der Waals surface area contributed by atoms with Gasteiger partial charge in [-0.15, -0.1) is 0 Å². The molecule has 162 valence electrons. The Labute approximate surface area is 176 Å². The fourth-order valence-electron chi connectivity index (χ4n) is 3.15. The summed E-state index contributed by atoms with van der Waals surface area (Å²) in [5.74, 6) is -0.408. The van der Waals surface area contributed by atoms with Gasteiger partial charge in [-0.2, -0.15) is 0 Å². The van der Waals surface area contributed by atoms with E-state index in [4.69, 9.17) is 4.74 Å². The molecule has 1 heterocycles. The molecule has 0 atom stereocenters. The Morgan fingerprint density at radius 2 is 2.00 bits per heavy atom. The number of nitrogens with zero attached hydrogens (tertiary/aromatic N) is 2. The second-order valence-corrected chi connectivity index (χ2v) is 7.63. The summed E-state index contributed by atoms with van der Waals surface area (Å²) in [6, 6.07) is 4.23. The minimum atomic E-state index is -0.601. The fourth-order valence-corrected chi connectivity index (χ4v) is 3.15. The van der Waals surface area contributed by atoms with E-state index in [0.29, 0.717) is 23.9 Å². The maximum Gasteiger partial charge on any atom is 0.297 e. The number of aromatic hydroxyl groups is 1. The van der Waals surface area contributed by atoms with Crippen molar-refractivity contribution in [3.8, 4) is 11.5 Å². The molecule has 2 aromatic rings. The quantitative estimate of drug-likeness (QED) is 0.315. The van der Waals surface area contributed by atoms with E-state index in [-0.39, 0.29) is 18.0 Å². The van der Waals surface area contributed by atoms with Crippen LogP contribution in [0.5, 0.6) is 11.5 Å². The van der Waals surface area contributed by atoms with Crippen LogP contribution in [-0.2, 0) is 6.54 Å². The predicted octanol–water partition coefficient (Wildman–Crippen LogP) is 5.49. The van der Waals surface area contributed by atoms with Crippen LogP contribution in [0.4, 0.5) is 5.69 Å². The summed E-state index contributed by atoms with van der Waals surface area (Å²) >= 11 is 0. The van der Waals surface area contributed by atoms with Crippen LogP contribution in [0.3, 0.4) is 0 Å². The highest BCUT2D eigenvalue weighted by atomic mass is 16.6. The van der Waals surface area contributed by atoms with Crippen molar-refractivity contribution in [3.05, 3.63) is 62.0 Å². The second kappa shape index (κ2) is 10.6. The number of aryl methyl sites for hydroxylation is 1. The van der Waals surface area contributed by atoms with Crippen molar-refractivity contribution in [2.24, 2.45) is 0 Å². The van der Waals surface area contributed by atoms with Gasteiger partial charge < -0.3 is 14.4 Å². The number of allylic oxidation sites excluding steroid dienone is 3. The van der Waals surface area contributed by atoms with Gasteiger partial charge in [-0.05, 0) is 52.2 Å².